The highest BCUT2D eigenvalue weighted by molar-refractivity contribution is 6.17. The molecule has 2 aromatic heterocycles. The van der Waals surface area contributed by atoms with Gasteiger partial charge in [0.15, 0.2) is 17.5 Å². The average molecular weight is 715 g/mol. The summed E-state index contributed by atoms with van der Waals surface area (Å²) in [6.45, 7) is 0. The number of aromatic nitrogens is 4. The molecule has 0 N–H and O–H groups in total. The Morgan fingerprint density at radius 2 is 0.661 bits per heavy atom. The molecule has 0 aliphatic rings. The minimum Gasteiger partial charge on any atom is -0.247 e. The first kappa shape index (κ1) is 33.0. The average Bonchev–Trinajstić information content (AvgIpc) is 3.29. The lowest BCUT2D eigenvalue weighted by molar-refractivity contribution is 1.07. The van der Waals surface area contributed by atoms with Gasteiger partial charge in [-0.3, -0.25) is 0 Å². The van der Waals surface area contributed by atoms with Crippen molar-refractivity contribution in [1.29, 1.82) is 0 Å². The van der Waals surface area contributed by atoms with E-state index in [4.69, 9.17) is 19.9 Å². The van der Waals surface area contributed by atoms with E-state index in [2.05, 4.69) is 140 Å². The first-order valence-electron chi connectivity index (χ1n) is 18.8. The van der Waals surface area contributed by atoms with E-state index in [-0.39, 0.29) is 0 Å². The molecule has 0 aliphatic carbocycles. The number of fused-ring (bicyclic) bond motifs is 3. The normalized spacial score (nSPS) is 11.2. The second-order valence-electron chi connectivity index (χ2n) is 13.8. The number of benzene rings is 8. The molecule has 0 aliphatic heterocycles. The first-order valence-corrected chi connectivity index (χ1v) is 18.8. The standard InChI is InChI=1S/C52H34N4/c1-4-14-35(15-5-1)36-26-30-38(31-27-36)49-46-24-13-23-44(48(46)45-22-10-11-25-47(45)53-49)43-21-12-20-42(34-43)37-28-32-41(33-29-37)52-55-50(39-16-6-2-7-17-39)54-51(56-52)40-18-8-3-9-19-40/h1-34H. The molecule has 10 rings (SSSR count). The summed E-state index contributed by atoms with van der Waals surface area (Å²) in [6, 6.07) is 71.8. The zero-order valence-corrected chi connectivity index (χ0v) is 30.4. The molecule has 0 unspecified atom stereocenters. The van der Waals surface area contributed by atoms with E-state index in [1.807, 2.05) is 66.7 Å². The fourth-order valence-corrected chi connectivity index (χ4v) is 7.53. The summed E-state index contributed by atoms with van der Waals surface area (Å²) in [5.41, 5.74) is 12.8. The van der Waals surface area contributed by atoms with Crippen LogP contribution in [0.15, 0.2) is 206 Å². The minimum atomic E-state index is 0.639. The number of hydrogen-bond acceptors (Lipinski definition) is 4. The van der Waals surface area contributed by atoms with Crippen molar-refractivity contribution in [3.05, 3.63) is 206 Å². The van der Waals surface area contributed by atoms with E-state index in [0.717, 1.165) is 60.9 Å². The highest BCUT2D eigenvalue weighted by Crippen LogP contribution is 2.40. The molecule has 4 nitrogen and oxygen atoms in total. The van der Waals surface area contributed by atoms with Crippen LogP contribution < -0.4 is 0 Å². The van der Waals surface area contributed by atoms with Crippen LogP contribution >= 0.6 is 0 Å². The van der Waals surface area contributed by atoms with E-state index in [0.29, 0.717) is 17.5 Å². The number of para-hydroxylation sites is 1. The SMILES string of the molecule is c1ccc(-c2ccc(-c3nc4ccccc4c4c(-c5cccc(-c6ccc(-c7nc(-c8ccccc8)nc(-c8ccccc8)n7)cc6)c5)cccc34)cc2)cc1. The van der Waals surface area contributed by atoms with Crippen molar-refractivity contribution in [3.8, 4) is 78.8 Å². The Hall–Kier alpha value is -7.56. The number of hydrogen-bond donors (Lipinski definition) is 0. The Kier molecular flexibility index (Phi) is 8.47. The maximum Gasteiger partial charge on any atom is 0.164 e. The lowest BCUT2D eigenvalue weighted by Gasteiger charge is -2.15. The topological polar surface area (TPSA) is 51.6 Å². The van der Waals surface area contributed by atoms with Gasteiger partial charge in [-0.15, -0.1) is 0 Å². The van der Waals surface area contributed by atoms with Crippen LogP contribution in [0.25, 0.3) is 100 Å². The van der Waals surface area contributed by atoms with Gasteiger partial charge in [-0.1, -0.05) is 194 Å². The quantitative estimate of drug-likeness (QED) is 0.154. The minimum absolute atomic E-state index is 0.639. The number of nitrogens with zero attached hydrogens (tertiary/aromatic N) is 4. The summed E-state index contributed by atoms with van der Waals surface area (Å²) in [5.74, 6) is 1.94. The molecular weight excluding hydrogens is 681 g/mol. The maximum atomic E-state index is 5.24. The zero-order chi connectivity index (χ0) is 37.3. The van der Waals surface area contributed by atoms with Gasteiger partial charge >= 0.3 is 0 Å². The highest BCUT2D eigenvalue weighted by atomic mass is 15.0. The van der Waals surface area contributed by atoms with E-state index < -0.39 is 0 Å². The number of pyridine rings is 1. The van der Waals surface area contributed by atoms with Gasteiger partial charge in [0.2, 0.25) is 0 Å². The third-order valence-electron chi connectivity index (χ3n) is 10.3. The fraction of sp³-hybridized carbons (Fsp3) is 0. The Morgan fingerprint density at radius 3 is 1.29 bits per heavy atom. The molecule has 56 heavy (non-hydrogen) atoms. The molecule has 0 atom stereocenters. The van der Waals surface area contributed by atoms with Crippen molar-refractivity contribution in [2.45, 2.75) is 0 Å². The molecule has 10 aromatic rings. The Labute approximate surface area is 325 Å². The molecule has 0 saturated carbocycles. The fourth-order valence-electron chi connectivity index (χ4n) is 7.53. The van der Waals surface area contributed by atoms with Crippen molar-refractivity contribution in [2.24, 2.45) is 0 Å². The van der Waals surface area contributed by atoms with Crippen LogP contribution in [0, 0.1) is 0 Å². The van der Waals surface area contributed by atoms with Crippen LogP contribution in [0.2, 0.25) is 0 Å². The van der Waals surface area contributed by atoms with Crippen LogP contribution in [-0.2, 0) is 0 Å². The van der Waals surface area contributed by atoms with Crippen molar-refractivity contribution >= 4 is 21.7 Å². The second-order valence-corrected chi connectivity index (χ2v) is 13.8. The van der Waals surface area contributed by atoms with Crippen LogP contribution in [-0.4, -0.2) is 19.9 Å². The Morgan fingerprint density at radius 1 is 0.250 bits per heavy atom. The molecule has 4 heteroatoms. The van der Waals surface area contributed by atoms with Crippen molar-refractivity contribution in [1.82, 2.24) is 19.9 Å². The summed E-state index contributed by atoms with van der Waals surface area (Å²) in [6.07, 6.45) is 0. The third-order valence-corrected chi connectivity index (χ3v) is 10.3. The maximum absolute atomic E-state index is 5.24. The molecule has 0 amide bonds. The smallest absolute Gasteiger partial charge is 0.164 e. The van der Waals surface area contributed by atoms with E-state index in [9.17, 15) is 0 Å². The molecule has 0 spiro atoms. The van der Waals surface area contributed by atoms with Gasteiger partial charge in [-0.25, -0.2) is 19.9 Å². The molecule has 0 saturated heterocycles. The summed E-state index contributed by atoms with van der Waals surface area (Å²) >= 11 is 0. The van der Waals surface area contributed by atoms with Gasteiger partial charge in [0.25, 0.3) is 0 Å². The third kappa shape index (κ3) is 6.29. The van der Waals surface area contributed by atoms with Crippen molar-refractivity contribution < 1.29 is 0 Å². The van der Waals surface area contributed by atoms with Gasteiger partial charge in [0.1, 0.15) is 0 Å². The largest absolute Gasteiger partial charge is 0.247 e. The lowest BCUT2D eigenvalue weighted by Crippen LogP contribution is -2.00. The van der Waals surface area contributed by atoms with Gasteiger partial charge in [-0.2, -0.15) is 0 Å². The monoisotopic (exact) mass is 714 g/mol. The lowest BCUT2D eigenvalue weighted by atomic mass is 9.91. The van der Waals surface area contributed by atoms with Crippen LogP contribution in [0.5, 0.6) is 0 Å². The molecular formula is C52H34N4. The molecule has 2 heterocycles. The van der Waals surface area contributed by atoms with Crippen LogP contribution in [0.3, 0.4) is 0 Å². The van der Waals surface area contributed by atoms with Crippen LogP contribution in [0.4, 0.5) is 0 Å². The van der Waals surface area contributed by atoms with E-state index in [1.165, 1.54) is 22.1 Å². The van der Waals surface area contributed by atoms with Crippen LogP contribution in [0.1, 0.15) is 0 Å². The van der Waals surface area contributed by atoms with Crippen molar-refractivity contribution in [2.75, 3.05) is 0 Å². The van der Waals surface area contributed by atoms with Gasteiger partial charge < -0.3 is 0 Å². The number of rotatable bonds is 7. The zero-order valence-electron chi connectivity index (χ0n) is 30.4. The van der Waals surface area contributed by atoms with Gasteiger partial charge in [-0.05, 0) is 45.5 Å². The first-order chi connectivity index (χ1) is 27.7. The molecule has 0 bridgehead atoms. The predicted molar refractivity (Wildman–Crippen MR) is 231 cm³/mol. The molecule has 0 radical (unpaired) electrons. The molecule has 0 fully saturated rings. The predicted octanol–water partition coefficient (Wildman–Crippen LogP) is 13.2. The van der Waals surface area contributed by atoms with Gasteiger partial charge in [0.05, 0.1) is 11.2 Å². The molecule has 262 valence electrons. The summed E-state index contributed by atoms with van der Waals surface area (Å²) in [5, 5.41) is 3.47. The Bertz CT molecular complexity index is 2920. The molecule has 8 aromatic carbocycles. The van der Waals surface area contributed by atoms with E-state index in [1.54, 1.807) is 0 Å². The summed E-state index contributed by atoms with van der Waals surface area (Å²) in [7, 11) is 0. The van der Waals surface area contributed by atoms with Gasteiger partial charge in [0, 0.05) is 38.4 Å². The van der Waals surface area contributed by atoms with E-state index >= 15 is 0 Å². The Balaban J connectivity index is 1.03. The summed E-state index contributed by atoms with van der Waals surface area (Å²) < 4.78 is 0. The highest BCUT2D eigenvalue weighted by Gasteiger charge is 2.16. The van der Waals surface area contributed by atoms with Crippen molar-refractivity contribution in [3.63, 3.8) is 0 Å². The summed E-state index contributed by atoms with van der Waals surface area (Å²) in [4.78, 5) is 20.0. The second kappa shape index (κ2) is 14.3.